The maximum atomic E-state index is 12.5. The highest BCUT2D eigenvalue weighted by Crippen LogP contribution is 2.27. The van der Waals surface area contributed by atoms with Gasteiger partial charge in [-0.3, -0.25) is 4.68 Å². The second-order valence-electron chi connectivity index (χ2n) is 3.48. The summed E-state index contributed by atoms with van der Waals surface area (Å²) in [5.41, 5.74) is 4.28. The highest BCUT2D eigenvalue weighted by Gasteiger charge is 2.29. The van der Waals surface area contributed by atoms with Gasteiger partial charge in [0.15, 0.2) is 0 Å². The molecule has 1 heterocycles. The van der Waals surface area contributed by atoms with E-state index in [4.69, 9.17) is 10.8 Å². The third-order valence-electron chi connectivity index (χ3n) is 2.01. The van der Waals surface area contributed by atoms with Gasteiger partial charge >= 0.3 is 0 Å². The first kappa shape index (κ1) is 11.1. The molecule has 0 saturated heterocycles. The minimum Gasteiger partial charge on any atom is -0.394 e. The second-order valence-corrected chi connectivity index (χ2v) is 3.48. The number of rotatable bonds is 3. The number of halogens is 2. The van der Waals surface area contributed by atoms with Crippen LogP contribution in [-0.2, 0) is 12.6 Å². The minimum atomic E-state index is -2.68. The van der Waals surface area contributed by atoms with Gasteiger partial charge in [-0.15, -0.1) is 0 Å². The maximum absolute atomic E-state index is 12.5. The van der Waals surface area contributed by atoms with E-state index in [1.54, 1.807) is 0 Å². The summed E-state index contributed by atoms with van der Waals surface area (Å²) < 4.78 is 26.3. The van der Waals surface area contributed by atoms with Crippen LogP contribution in [0.25, 0.3) is 0 Å². The largest absolute Gasteiger partial charge is 0.394 e. The molecule has 0 aliphatic heterocycles. The summed E-state index contributed by atoms with van der Waals surface area (Å²) >= 11 is 0. The van der Waals surface area contributed by atoms with E-state index >= 15 is 0 Å². The van der Waals surface area contributed by atoms with Gasteiger partial charge in [0.2, 0.25) is 0 Å². The van der Waals surface area contributed by atoms with Crippen molar-refractivity contribution >= 4 is 0 Å². The molecular weight excluding hydrogens is 192 g/mol. The summed E-state index contributed by atoms with van der Waals surface area (Å²) in [6.45, 7) is 1.08. The Kier molecular flexibility index (Phi) is 2.86. The number of hydrogen-bond acceptors (Lipinski definition) is 3. The summed E-state index contributed by atoms with van der Waals surface area (Å²) in [6.07, 6.45) is -1.28. The van der Waals surface area contributed by atoms with Gasteiger partial charge in [-0.25, -0.2) is 8.78 Å². The van der Waals surface area contributed by atoms with Gasteiger partial charge in [-0.1, -0.05) is 0 Å². The van der Waals surface area contributed by atoms with Crippen molar-refractivity contribution in [2.24, 2.45) is 12.8 Å². The molecule has 0 aliphatic carbocycles. The van der Waals surface area contributed by atoms with Crippen molar-refractivity contribution in [3.8, 4) is 0 Å². The van der Waals surface area contributed by atoms with Crippen LogP contribution in [0.1, 0.15) is 24.6 Å². The van der Waals surface area contributed by atoms with Gasteiger partial charge in [-0.2, -0.15) is 5.10 Å². The van der Waals surface area contributed by atoms with E-state index in [1.807, 2.05) is 0 Å². The smallest absolute Gasteiger partial charge is 0.282 e. The van der Waals surface area contributed by atoms with E-state index in [1.165, 1.54) is 24.9 Å². The topological polar surface area (TPSA) is 64.1 Å². The van der Waals surface area contributed by atoms with E-state index in [0.29, 0.717) is 0 Å². The molecule has 0 spiro atoms. The Bertz CT molecular complexity index is 322. The van der Waals surface area contributed by atoms with Crippen LogP contribution in [-0.4, -0.2) is 21.5 Å². The predicted octanol–water partition coefficient (Wildman–Crippen LogP) is 0.524. The van der Waals surface area contributed by atoms with Crippen molar-refractivity contribution in [3.63, 3.8) is 0 Å². The molecule has 1 atom stereocenters. The molecule has 1 aromatic heterocycles. The van der Waals surface area contributed by atoms with Crippen LogP contribution in [0.4, 0.5) is 8.78 Å². The van der Waals surface area contributed by atoms with Crippen LogP contribution in [0.2, 0.25) is 0 Å². The lowest BCUT2D eigenvalue weighted by molar-refractivity contribution is 0.139. The average Bonchev–Trinajstić information content (AvgIpc) is 2.48. The number of nitrogens with two attached hydrogens (primary N) is 1. The molecule has 6 heteroatoms. The van der Waals surface area contributed by atoms with Crippen LogP contribution in [0, 0.1) is 0 Å². The Hall–Kier alpha value is -1.01. The van der Waals surface area contributed by atoms with Crippen molar-refractivity contribution in [2.75, 3.05) is 6.61 Å². The molecule has 0 aliphatic rings. The number of aliphatic hydroxyl groups is 1. The van der Waals surface area contributed by atoms with Crippen LogP contribution in [0.5, 0.6) is 0 Å². The van der Waals surface area contributed by atoms with Crippen molar-refractivity contribution < 1.29 is 13.9 Å². The summed E-state index contributed by atoms with van der Waals surface area (Å²) in [4.78, 5) is 0. The van der Waals surface area contributed by atoms with Gasteiger partial charge < -0.3 is 10.8 Å². The third kappa shape index (κ3) is 1.91. The first-order valence-corrected chi connectivity index (χ1v) is 4.10. The van der Waals surface area contributed by atoms with E-state index in [2.05, 4.69) is 5.10 Å². The zero-order valence-electron chi connectivity index (χ0n) is 8.04. The normalized spacial score (nSPS) is 15.9. The van der Waals surface area contributed by atoms with Crippen molar-refractivity contribution in [2.45, 2.75) is 18.9 Å². The van der Waals surface area contributed by atoms with E-state index < -0.39 is 18.6 Å². The van der Waals surface area contributed by atoms with Crippen molar-refractivity contribution in [1.29, 1.82) is 0 Å². The SMILES string of the molecule is Cn1cc(C(C)(N)CO)c(C(F)F)n1. The molecule has 1 unspecified atom stereocenters. The van der Waals surface area contributed by atoms with Gasteiger partial charge in [0.25, 0.3) is 6.43 Å². The summed E-state index contributed by atoms with van der Waals surface area (Å²) in [5, 5.41) is 12.6. The lowest BCUT2D eigenvalue weighted by Crippen LogP contribution is -2.37. The van der Waals surface area contributed by atoms with E-state index in [9.17, 15) is 8.78 Å². The summed E-state index contributed by atoms with van der Waals surface area (Å²) in [7, 11) is 1.53. The molecule has 0 saturated carbocycles. The molecule has 0 fully saturated rings. The monoisotopic (exact) mass is 205 g/mol. The lowest BCUT2D eigenvalue weighted by atomic mass is 9.95. The van der Waals surface area contributed by atoms with E-state index in [0.717, 1.165) is 0 Å². The average molecular weight is 205 g/mol. The molecule has 0 bridgehead atoms. The number of aromatic nitrogens is 2. The zero-order chi connectivity index (χ0) is 10.9. The third-order valence-corrected chi connectivity index (χ3v) is 2.01. The maximum Gasteiger partial charge on any atom is 0.282 e. The summed E-state index contributed by atoms with van der Waals surface area (Å²) in [6, 6.07) is 0. The molecule has 0 radical (unpaired) electrons. The Labute approximate surface area is 80.3 Å². The number of aryl methyl sites for hydroxylation is 1. The number of hydrogen-bond donors (Lipinski definition) is 2. The molecule has 1 aromatic rings. The van der Waals surface area contributed by atoms with Gasteiger partial charge in [0, 0.05) is 18.8 Å². The van der Waals surface area contributed by atoms with E-state index in [-0.39, 0.29) is 11.3 Å². The Morgan fingerprint density at radius 3 is 2.71 bits per heavy atom. The molecular formula is C8H13F2N3O. The fraction of sp³-hybridized carbons (Fsp3) is 0.625. The number of alkyl halides is 2. The molecule has 0 amide bonds. The van der Waals surface area contributed by atoms with Crippen LogP contribution in [0.3, 0.4) is 0 Å². The molecule has 14 heavy (non-hydrogen) atoms. The van der Waals surface area contributed by atoms with Gasteiger partial charge in [0.1, 0.15) is 5.69 Å². The lowest BCUT2D eigenvalue weighted by Gasteiger charge is -2.21. The minimum absolute atomic E-state index is 0.178. The standard InChI is InChI=1S/C8H13F2N3O/c1-8(11,4-14)5-3-13(2)12-6(5)7(9)10/h3,7,14H,4,11H2,1-2H3. The Balaban J connectivity index is 3.19. The Morgan fingerprint density at radius 2 is 2.29 bits per heavy atom. The van der Waals surface area contributed by atoms with Crippen molar-refractivity contribution in [1.82, 2.24) is 9.78 Å². The van der Waals surface area contributed by atoms with Crippen LogP contribution >= 0.6 is 0 Å². The van der Waals surface area contributed by atoms with Crippen molar-refractivity contribution in [3.05, 3.63) is 17.5 Å². The highest BCUT2D eigenvalue weighted by molar-refractivity contribution is 5.26. The number of nitrogens with zero attached hydrogens (tertiary/aromatic N) is 2. The Morgan fingerprint density at radius 1 is 1.71 bits per heavy atom. The van der Waals surface area contributed by atoms with Gasteiger partial charge in [0.05, 0.1) is 12.1 Å². The fourth-order valence-corrected chi connectivity index (χ4v) is 1.19. The van der Waals surface area contributed by atoms with Crippen LogP contribution < -0.4 is 5.73 Å². The number of aliphatic hydroxyl groups excluding tert-OH is 1. The second kappa shape index (κ2) is 3.62. The molecule has 4 nitrogen and oxygen atoms in total. The quantitative estimate of drug-likeness (QED) is 0.756. The first-order chi connectivity index (χ1) is 6.38. The molecule has 1 rings (SSSR count). The predicted molar refractivity (Wildman–Crippen MR) is 46.8 cm³/mol. The highest BCUT2D eigenvalue weighted by atomic mass is 19.3. The molecule has 0 aromatic carbocycles. The molecule has 80 valence electrons. The molecule has 3 N–H and O–H groups in total. The zero-order valence-corrected chi connectivity index (χ0v) is 8.04. The summed E-state index contributed by atoms with van der Waals surface area (Å²) in [5.74, 6) is 0. The van der Waals surface area contributed by atoms with Crippen LogP contribution in [0.15, 0.2) is 6.20 Å². The van der Waals surface area contributed by atoms with Gasteiger partial charge in [-0.05, 0) is 6.92 Å². The fourth-order valence-electron chi connectivity index (χ4n) is 1.19. The first-order valence-electron chi connectivity index (χ1n) is 4.10.